The van der Waals surface area contributed by atoms with Crippen molar-refractivity contribution in [1.29, 1.82) is 0 Å². The highest BCUT2D eigenvalue weighted by Gasteiger charge is 2.32. The number of hydrogen-bond acceptors (Lipinski definition) is 6. The van der Waals surface area contributed by atoms with Crippen molar-refractivity contribution in [3.05, 3.63) is 47.1 Å². The molecular formula is C17H20F3N3O3S. The minimum absolute atomic E-state index is 0.0188. The lowest BCUT2D eigenvalue weighted by Crippen LogP contribution is -2.38. The van der Waals surface area contributed by atoms with Crippen LogP contribution >= 0.6 is 0 Å². The molecule has 0 aliphatic carbocycles. The molecule has 0 saturated carbocycles. The summed E-state index contributed by atoms with van der Waals surface area (Å²) in [7, 11) is -1.92. The van der Waals surface area contributed by atoms with Crippen LogP contribution in [-0.2, 0) is 9.84 Å². The molecule has 1 atom stereocenters. The Bertz CT molecular complexity index is 864. The van der Waals surface area contributed by atoms with Crippen LogP contribution in [0.25, 0.3) is 0 Å². The minimum Gasteiger partial charge on any atom is -0.406 e. The number of benzene rings is 1. The van der Waals surface area contributed by atoms with Gasteiger partial charge < -0.3 is 20.3 Å². The molecule has 0 aromatic heterocycles. The molecule has 1 saturated heterocycles. The number of alkyl halides is 3. The monoisotopic (exact) mass is 403 g/mol. The Balaban J connectivity index is 1.85. The molecule has 27 heavy (non-hydrogen) atoms. The van der Waals surface area contributed by atoms with Crippen molar-refractivity contribution in [3.8, 4) is 5.75 Å². The van der Waals surface area contributed by atoms with E-state index in [2.05, 4.69) is 9.64 Å². The summed E-state index contributed by atoms with van der Waals surface area (Å²) in [5.41, 5.74) is 6.36. The van der Waals surface area contributed by atoms with Gasteiger partial charge >= 0.3 is 6.36 Å². The Morgan fingerprint density at radius 3 is 2.44 bits per heavy atom. The summed E-state index contributed by atoms with van der Waals surface area (Å²) in [6.45, 7) is 2.16. The highest BCUT2D eigenvalue weighted by Crippen LogP contribution is 2.29. The fourth-order valence-electron chi connectivity index (χ4n) is 3.21. The van der Waals surface area contributed by atoms with E-state index in [9.17, 15) is 21.6 Å². The van der Waals surface area contributed by atoms with Crippen LogP contribution < -0.4 is 10.5 Å². The number of ether oxygens (including phenoxy) is 1. The normalized spacial score (nSPS) is 21.8. The molecule has 0 unspecified atom stereocenters. The van der Waals surface area contributed by atoms with Crippen molar-refractivity contribution in [2.45, 2.75) is 23.7 Å². The zero-order chi connectivity index (χ0) is 19.8. The van der Waals surface area contributed by atoms with Crippen LogP contribution in [0.1, 0.15) is 6.42 Å². The van der Waals surface area contributed by atoms with E-state index in [1.165, 1.54) is 6.08 Å². The molecule has 2 heterocycles. The van der Waals surface area contributed by atoms with Gasteiger partial charge in [-0.25, -0.2) is 8.42 Å². The van der Waals surface area contributed by atoms with Gasteiger partial charge in [0.1, 0.15) is 5.75 Å². The third-order valence-corrected chi connectivity index (χ3v) is 6.24. The highest BCUT2D eigenvalue weighted by atomic mass is 32.2. The average Bonchev–Trinajstić information content (AvgIpc) is 3.00. The van der Waals surface area contributed by atoms with Gasteiger partial charge in [-0.3, -0.25) is 0 Å². The molecule has 1 aromatic rings. The Kier molecular flexibility index (Phi) is 5.13. The lowest BCUT2D eigenvalue weighted by molar-refractivity contribution is -0.274. The molecule has 2 N–H and O–H groups in total. The van der Waals surface area contributed by atoms with Crippen LogP contribution in [-0.4, -0.2) is 57.3 Å². The summed E-state index contributed by atoms with van der Waals surface area (Å²) in [6.07, 6.45) is -0.976. The Morgan fingerprint density at radius 1 is 1.22 bits per heavy atom. The van der Waals surface area contributed by atoms with Gasteiger partial charge in [0.05, 0.1) is 16.3 Å². The smallest absolute Gasteiger partial charge is 0.406 e. The second-order valence-corrected chi connectivity index (χ2v) is 8.60. The van der Waals surface area contributed by atoms with Crippen molar-refractivity contribution in [1.82, 2.24) is 9.80 Å². The Hall–Kier alpha value is -2.20. The number of sulfone groups is 1. The van der Waals surface area contributed by atoms with Crippen molar-refractivity contribution in [3.63, 3.8) is 0 Å². The molecule has 6 nitrogen and oxygen atoms in total. The number of nitrogens with two attached hydrogens (primary N) is 1. The van der Waals surface area contributed by atoms with E-state index in [0.717, 1.165) is 43.8 Å². The first kappa shape index (κ1) is 19.6. The van der Waals surface area contributed by atoms with Gasteiger partial charge in [0, 0.05) is 24.5 Å². The summed E-state index contributed by atoms with van der Waals surface area (Å²) < 4.78 is 66.3. The molecule has 2 aliphatic heterocycles. The molecule has 0 spiro atoms. The van der Waals surface area contributed by atoms with E-state index in [1.807, 2.05) is 11.9 Å². The number of nitrogens with zero attached hydrogens (tertiary/aromatic N) is 2. The maximum Gasteiger partial charge on any atom is 0.573 e. The SMILES string of the molecule is CN1CC[C@@H](N2C=C(S(=O)(=O)c3ccc(OC(F)(F)F)cc3)C=C(N)C2)C1. The third kappa shape index (κ3) is 4.56. The van der Waals surface area contributed by atoms with Gasteiger partial charge in [-0.2, -0.15) is 0 Å². The van der Waals surface area contributed by atoms with Gasteiger partial charge in [-0.05, 0) is 50.4 Å². The fraction of sp³-hybridized carbons (Fsp3) is 0.412. The van der Waals surface area contributed by atoms with Gasteiger partial charge in [0.2, 0.25) is 9.84 Å². The zero-order valence-corrected chi connectivity index (χ0v) is 15.4. The molecule has 1 aromatic carbocycles. The molecular weight excluding hydrogens is 383 g/mol. The topological polar surface area (TPSA) is 75.9 Å². The molecule has 148 valence electrons. The molecule has 0 radical (unpaired) electrons. The van der Waals surface area contributed by atoms with E-state index in [4.69, 9.17) is 5.73 Å². The van der Waals surface area contributed by atoms with E-state index in [0.29, 0.717) is 12.2 Å². The van der Waals surface area contributed by atoms with Crippen LogP contribution in [0.15, 0.2) is 52.0 Å². The second-order valence-electron chi connectivity index (χ2n) is 6.65. The number of allylic oxidation sites excluding steroid dienone is 1. The van der Waals surface area contributed by atoms with Crippen LogP contribution in [0.2, 0.25) is 0 Å². The summed E-state index contributed by atoms with van der Waals surface area (Å²) in [4.78, 5) is 3.95. The largest absolute Gasteiger partial charge is 0.573 e. The standard InChI is InChI=1S/C17H20F3N3O3S/c1-22-7-6-13(10-22)23-9-12(21)8-16(11-23)27(24,25)15-4-2-14(3-5-15)26-17(18,19)20/h2-5,8,11,13H,6-7,9-10,21H2,1H3/t13-/m1/s1. The number of hydrogen-bond donors (Lipinski definition) is 1. The van der Waals surface area contributed by atoms with Crippen LogP contribution in [0, 0.1) is 0 Å². The van der Waals surface area contributed by atoms with Crippen molar-refractivity contribution >= 4 is 9.84 Å². The molecule has 10 heteroatoms. The number of rotatable bonds is 4. The van der Waals surface area contributed by atoms with Crippen LogP contribution in [0.4, 0.5) is 13.2 Å². The number of halogens is 3. The molecule has 3 rings (SSSR count). The van der Waals surface area contributed by atoms with E-state index in [-0.39, 0.29) is 15.8 Å². The highest BCUT2D eigenvalue weighted by molar-refractivity contribution is 7.95. The van der Waals surface area contributed by atoms with Crippen molar-refractivity contribution in [2.24, 2.45) is 5.73 Å². The van der Waals surface area contributed by atoms with E-state index in [1.54, 1.807) is 6.20 Å². The van der Waals surface area contributed by atoms with Crippen molar-refractivity contribution < 1.29 is 26.3 Å². The third-order valence-electron chi connectivity index (χ3n) is 4.50. The molecule has 0 bridgehead atoms. The number of likely N-dealkylation sites (N-methyl/N-ethyl adjacent to an activating group) is 1. The lowest BCUT2D eigenvalue weighted by atomic mass is 10.2. The average molecular weight is 403 g/mol. The van der Waals surface area contributed by atoms with Gasteiger partial charge in [-0.15, -0.1) is 13.2 Å². The summed E-state index contributed by atoms with van der Waals surface area (Å²) in [5.74, 6) is -0.482. The summed E-state index contributed by atoms with van der Waals surface area (Å²) >= 11 is 0. The van der Waals surface area contributed by atoms with Gasteiger partial charge in [0.15, 0.2) is 0 Å². The first-order valence-electron chi connectivity index (χ1n) is 8.28. The first-order valence-corrected chi connectivity index (χ1v) is 9.76. The Morgan fingerprint density at radius 2 is 1.89 bits per heavy atom. The maximum absolute atomic E-state index is 12.9. The molecule has 0 amide bonds. The quantitative estimate of drug-likeness (QED) is 0.830. The van der Waals surface area contributed by atoms with E-state index < -0.39 is 21.9 Å². The number of likely N-dealkylation sites (tertiary alicyclic amines) is 1. The van der Waals surface area contributed by atoms with Crippen LogP contribution in [0.3, 0.4) is 0 Å². The minimum atomic E-state index is -4.83. The van der Waals surface area contributed by atoms with Gasteiger partial charge in [-0.1, -0.05) is 0 Å². The molecule has 1 fully saturated rings. The predicted molar refractivity (Wildman–Crippen MR) is 93.3 cm³/mol. The second kappa shape index (κ2) is 7.08. The maximum atomic E-state index is 12.9. The van der Waals surface area contributed by atoms with E-state index >= 15 is 0 Å². The summed E-state index contributed by atoms with van der Waals surface area (Å²) in [6, 6.07) is 4.28. The Labute approximate surface area is 155 Å². The molecule has 2 aliphatic rings. The predicted octanol–water partition coefficient (Wildman–Crippen LogP) is 2.06. The van der Waals surface area contributed by atoms with Crippen molar-refractivity contribution in [2.75, 3.05) is 26.7 Å². The lowest BCUT2D eigenvalue weighted by Gasteiger charge is -2.31. The summed E-state index contributed by atoms with van der Waals surface area (Å²) in [5, 5.41) is 0. The van der Waals surface area contributed by atoms with Gasteiger partial charge in [0.25, 0.3) is 0 Å². The fourth-order valence-corrected chi connectivity index (χ4v) is 4.55. The first-order chi connectivity index (χ1) is 12.5. The zero-order valence-electron chi connectivity index (χ0n) is 14.6. The van der Waals surface area contributed by atoms with Crippen LogP contribution in [0.5, 0.6) is 5.75 Å².